The van der Waals surface area contributed by atoms with Gasteiger partial charge in [0.15, 0.2) is 0 Å². The van der Waals surface area contributed by atoms with Gasteiger partial charge in [-0.3, -0.25) is 4.79 Å². The summed E-state index contributed by atoms with van der Waals surface area (Å²) in [6.45, 7) is 1.68. The van der Waals surface area contributed by atoms with Gasteiger partial charge in [0, 0.05) is 10.6 Å². The average molecular weight is 274 g/mol. The van der Waals surface area contributed by atoms with Crippen LogP contribution in [0.5, 0.6) is 0 Å². The minimum Gasteiger partial charge on any atom is -0.368 e. The second-order valence-corrected chi connectivity index (χ2v) is 6.06. The molecule has 1 amide bonds. The number of fused-ring (bicyclic) bond motifs is 1. The summed E-state index contributed by atoms with van der Waals surface area (Å²) in [7, 11) is 0. The van der Waals surface area contributed by atoms with E-state index in [1.54, 1.807) is 18.7 Å². The molecule has 0 radical (unpaired) electrons. The zero-order chi connectivity index (χ0) is 13.9. The van der Waals surface area contributed by atoms with Crippen molar-refractivity contribution >= 4 is 28.4 Å². The smallest absolute Gasteiger partial charge is 0.237 e. The van der Waals surface area contributed by atoms with Crippen LogP contribution in [0.2, 0.25) is 0 Å². The van der Waals surface area contributed by atoms with Crippen LogP contribution in [-0.4, -0.2) is 17.2 Å². The van der Waals surface area contributed by atoms with Crippen molar-refractivity contribution in [3.63, 3.8) is 0 Å². The highest BCUT2D eigenvalue weighted by molar-refractivity contribution is 7.99. The third-order valence-electron chi connectivity index (χ3n) is 3.17. The molecule has 4 heteroatoms. The number of primary amides is 1. The highest BCUT2D eigenvalue weighted by Gasteiger charge is 2.24. The summed E-state index contributed by atoms with van der Waals surface area (Å²) in [5.41, 5.74) is 10.2. The molecule has 0 aliphatic carbocycles. The molecule has 3 nitrogen and oxygen atoms in total. The Morgan fingerprint density at radius 3 is 2.58 bits per heavy atom. The minimum atomic E-state index is -0.927. The Labute approximate surface area is 117 Å². The number of nitrogens with two attached hydrogens (primary N) is 2. The van der Waals surface area contributed by atoms with Gasteiger partial charge in [-0.2, -0.15) is 0 Å². The maximum atomic E-state index is 11.1. The fraction of sp³-hybridized carbons (Fsp3) is 0.267. The Morgan fingerprint density at radius 2 is 1.89 bits per heavy atom. The Bertz CT molecular complexity index is 595. The van der Waals surface area contributed by atoms with Crippen molar-refractivity contribution in [2.24, 2.45) is 11.5 Å². The van der Waals surface area contributed by atoms with Crippen LogP contribution < -0.4 is 11.5 Å². The van der Waals surface area contributed by atoms with E-state index in [2.05, 4.69) is 30.3 Å². The van der Waals surface area contributed by atoms with Crippen molar-refractivity contribution in [3.8, 4) is 0 Å². The number of benzene rings is 2. The van der Waals surface area contributed by atoms with E-state index in [1.165, 1.54) is 15.7 Å². The number of carbonyl (C=O) groups is 1. The first kappa shape index (κ1) is 13.9. The molecule has 0 aliphatic rings. The Morgan fingerprint density at radius 1 is 1.21 bits per heavy atom. The largest absolute Gasteiger partial charge is 0.368 e. The number of carbonyl (C=O) groups excluding carboxylic acids is 1. The van der Waals surface area contributed by atoms with Crippen LogP contribution in [0, 0.1) is 0 Å². The van der Waals surface area contributed by atoms with Crippen LogP contribution >= 0.6 is 11.8 Å². The molecule has 0 spiro atoms. The SMILES string of the molecule is CC(N)(CCSc1ccc2ccccc2c1)C(N)=O. The molecule has 1 atom stereocenters. The molecule has 0 aliphatic heterocycles. The summed E-state index contributed by atoms with van der Waals surface area (Å²) in [6.07, 6.45) is 0.569. The molecule has 2 aromatic rings. The van der Waals surface area contributed by atoms with Crippen LogP contribution in [0.15, 0.2) is 47.4 Å². The number of amides is 1. The summed E-state index contributed by atoms with van der Waals surface area (Å²) < 4.78 is 0. The fourth-order valence-corrected chi connectivity index (χ4v) is 2.90. The van der Waals surface area contributed by atoms with Gasteiger partial charge in [-0.15, -0.1) is 11.8 Å². The summed E-state index contributed by atoms with van der Waals surface area (Å²) in [5.74, 6) is 0.320. The minimum absolute atomic E-state index is 0.452. The van der Waals surface area contributed by atoms with Crippen molar-refractivity contribution in [3.05, 3.63) is 42.5 Å². The molecule has 1 unspecified atom stereocenters. The van der Waals surface area contributed by atoms with Crippen LogP contribution in [0.25, 0.3) is 10.8 Å². The van der Waals surface area contributed by atoms with Crippen molar-refractivity contribution < 1.29 is 4.79 Å². The average Bonchev–Trinajstić information content (AvgIpc) is 2.38. The van der Waals surface area contributed by atoms with E-state index in [9.17, 15) is 4.79 Å². The molecular weight excluding hydrogens is 256 g/mol. The first-order valence-corrected chi connectivity index (χ1v) is 7.18. The predicted octanol–water partition coefficient (Wildman–Crippen LogP) is 2.52. The lowest BCUT2D eigenvalue weighted by molar-refractivity contribution is -0.122. The molecule has 19 heavy (non-hydrogen) atoms. The Hall–Kier alpha value is -1.52. The quantitative estimate of drug-likeness (QED) is 0.823. The van der Waals surface area contributed by atoms with Crippen molar-refractivity contribution in [1.82, 2.24) is 0 Å². The third kappa shape index (κ3) is 3.49. The molecule has 0 fully saturated rings. The number of hydrogen-bond acceptors (Lipinski definition) is 3. The summed E-state index contributed by atoms with van der Waals surface area (Å²) in [6, 6.07) is 14.6. The lowest BCUT2D eigenvalue weighted by Gasteiger charge is -2.19. The molecule has 2 rings (SSSR count). The summed E-state index contributed by atoms with van der Waals surface area (Å²) in [5, 5.41) is 2.45. The maximum Gasteiger partial charge on any atom is 0.237 e. The molecular formula is C15H18N2OS. The Balaban J connectivity index is 2.00. The Kier molecular flexibility index (Phi) is 4.12. The van der Waals surface area contributed by atoms with Gasteiger partial charge in [-0.05, 0) is 36.2 Å². The highest BCUT2D eigenvalue weighted by Crippen LogP contribution is 2.25. The van der Waals surface area contributed by atoms with Gasteiger partial charge in [0.25, 0.3) is 0 Å². The van der Waals surface area contributed by atoms with Gasteiger partial charge in [0.05, 0.1) is 5.54 Å². The van der Waals surface area contributed by atoms with Crippen LogP contribution in [0.1, 0.15) is 13.3 Å². The van der Waals surface area contributed by atoms with E-state index in [0.717, 1.165) is 5.75 Å². The number of rotatable bonds is 5. The van der Waals surface area contributed by atoms with Crippen LogP contribution in [-0.2, 0) is 4.79 Å². The lowest BCUT2D eigenvalue weighted by Crippen LogP contribution is -2.49. The van der Waals surface area contributed by atoms with Gasteiger partial charge in [0.2, 0.25) is 5.91 Å². The number of thioether (sulfide) groups is 1. The second-order valence-electron chi connectivity index (χ2n) is 4.89. The van der Waals surface area contributed by atoms with E-state index < -0.39 is 11.4 Å². The molecule has 0 saturated carbocycles. The first-order valence-electron chi connectivity index (χ1n) is 6.19. The highest BCUT2D eigenvalue weighted by atomic mass is 32.2. The second kappa shape index (κ2) is 5.63. The first-order chi connectivity index (χ1) is 8.99. The van der Waals surface area contributed by atoms with Gasteiger partial charge in [-0.25, -0.2) is 0 Å². The van der Waals surface area contributed by atoms with Crippen molar-refractivity contribution in [2.75, 3.05) is 5.75 Å². The standard InChI is InChI=1S/C15H18N2OS/c1-15(17,14(16)18)8-9-19-13-7-6-11-4-2-3-5-12(11)10-13/h2-7,10H,8-9,17H2,1H3,(H2,16,18). The monoisotopic (exact) mass is 274 g/mol. The van der Waals surface area contributed by atoms with E-state index in [1.807, 2.05) is 12.1 Å². The third-order valence-corrected chi connectivity index (χ3v) is 4.17. The van der Waals surface area contributed by atoms with Gasteiger partial charge in [-0.1, -0.05) is 30.3 Å². The van der Waals surface area contributed by atoms with E-state index in [-0.39, 0.29) is 0 Å². The zero-order valence-corrected chi connectivity index (χ0v) is 11.7. The predicted molar refractivity (Wildman–Crippen MR) is 81.1 cm³/mol. The van der Waals surface area contributed by atoms with E-state index >= 15 is 0 Å². The molecule has 100 valence electrons. The van der Waals surface area contributed by atoms with Gasteiger partial charge >= 0.3 is 0 Å². The normalized spacial score (nSPS) is 14.2. The van der Waals surface area contributed by atoms with Crippen LogP contribution in [0.3, 0.4) is 0 Å². The molecule has 0 heterocycles. The van der Waals surface area contributed by atoms with Crippen molar-refractivity contribution in [2.45, 2.75) is 23.8 Å². The molecule has 0 bridgehead atoms. The lowest BCUT2D eigenvalue weighted by atomic mass is 10.0. The van der Waals surface area contributed by atoms with Crippen LogP contribution in [0.4, 0.5) is 0 Å². The molecule has 0 aromatic heterocycles. The van der Waals surface area contributed by atoms with Gasteiger partial charge < -0.3 is 11.5 Å². The molecule has 2 aromatic carbocycles. The van der Waals surface area contributed by atoms with Crippen molar-refractivity contribution in [1.29, 1.82) is 0 Å². The van der Waals surface area contributed by atoms with Gasteiger partial charge in [0.1, 0.15) is 0 Å². The zero-order valence-electron chi connectivity index (χ0n) is 10.9. The maximum absolute atomic E-state index is 11.1. The molecule has 4 N–H and O–H groups in total. The number of hydrogen-bond donors (Lipinski definition) is 2. The van der Waals surface area contributed by atoms with E-state index in [0.29, 0.717) is 6.42 Å². The topological polar surface area (TPSA) is 69.1 Å². The summed E-state index contributed by atoms with van der Waals surface area (Å²) >= 11 is 1.69. The molecule has 0 saturated heterocycles. The fourth-order valence-electron chi connectivity index (χ4n) is 1.76. The summed E-state index contributed by atoms with van der Waals surface area (Å²) in [4.78, 5) is 12.3. The van der Waals surface area contributed by atoms with E-state index in [4.69, 9.17) is 11.5 Å².